The smallest absolute Gasteiger partial charge is 0.273 e. The van der Waals surface area contributed by atoms with Gasteiger partial charge in [-0.1, -0.05) is 42.5 Å². The van der Waals surface area contributed by atoms with Gasteiger partial charge in [-0.25, -0.2) is 14.4 Å². The highest BCUT2D eigenvalue weighted by Crippen LogP contribution is 2.18. The summed E-state index contributed by atoms with van der Waals surface area (Å²) >= 11 is 0. The lowest BCUT2D eigenvalue weighted by atomic mass is 10.1. The molecule has 0 aliphatic rings. The second kappa shape index (κ2) is 8.40. The summed E-state index contributed by atoms with van der Waals surface area (Å²) in [4.78, 5) is 23.1. The number of benzene rings is 2. The Balaban J connectivity index is 1.81. The number of aromatic nitrogens is 2. The van der Waals surface area contributed by atoms with E-state index >= 15 is 0 Å². The van der Waals surface area contributed by atoms with E-state index < -0.39 is 5.82 Å². The molecule has 0 saturated heterocycles. The van der Waals surface area contributed by atoms with Crippen LogP contribution in [0.3, 0.4) is 0 Å². The van der Waals surface area contributed by atoms with Gasteiger partial charge in [-0.05, 0) is 37.6 Å². The number of halogens is 1. The van der Waals surface area contributed by atoms with Crippen molar-refractivity contribution in [1.82, 2.24) is 14.9 Å². The zero-order chi connectivity index (χ0) is 19.2. The summed E-state index contributed by atoms with van der Waals surface area (Å²) in [5, 5.41) is 2.82. The van der Waals surface area contributed by atoms with Crippen molar-refractivity contribution in [3.63, 3.8) is 0 Å². The van der Waals surface area contributed by atoms with Gasteiger partial charge in [0.05, 0.1) is 5.69 Å². The summed E-state index contributed by atoms with van der Waals surface area (Å²) in [5.74, 6) is -0.437. The number of para-hydroxylation sites is 1. The van der Waals surface area contributed by atoms with Gasteiger partial charge in [0.15, 0.2) is 0 Å². The molecule has 1 amide bonds. The monoisotopic (exact) mass is 364 g/mol. The standard InChI is InChI=1S/C21H21FN4O/c1-15(2)26(14-16-8-4-3-5-9-16)20(27)19-12-13-23-21(25-19)24-18-11-7-6-10-17(18)22/h3-13,15H,14H2,1-2H3,(H,23,24,25). The predicted octanol–water partition coefficient (Wildman–Crippen LogP) is 4.41. The van der Waals surface area contributed by atoms with Gasteiger partial charge in [0, 0.05) is 18.8 Å². The van der Waals surface area contributed by atoms with Gasteiger partial charge in [0.25, 0.3) is 5.91 Å². The molecule has 0 fully saturated rings. The minimum absolute atomic E-state index is 0.00403. The van der Waals surface area contributed by atoms with Crippen molar-refractivity contribution < 1.29 is 9.18 Å². The topological polar surface area (TPSA) is 58.1 Å². The second-order valence-electron chi connectivity index (χ2n) is 6.38. The molecule has 0 aliphatic carbocycles. The Morgan fingerprint density at radius 3 is 2.48 bits per heavy atom. The van der Waals surface area contributed by atoms with E-state index in [9.17, 15) is 9.18 Å². The van der Waals surface area contributed by atoms with Gasteiger partial charge in [-0.2, -0.15) is 0 Å². The number of anilines is 2. The molecule has 0 atom stereocenters. The van der Waals surface area contributed by atoms with Crippen LogP contribution in [-0.4, -0.2) is 26.8 Å². The van der Waals surface area contributed by atoms with Gasteiger partial charge in [0.2, 0.25) is 5.95 Å². The summed E-state index contributed by atoms with van der Waals surface area (Å²) in [5.41, 5.74) is 1.55. The summed E-state index contributed by atoms with van der Waals surface area (Å²) in [7, 11) is 0. The second-order valence-corrected chi connectivity index (χ2v) is 6.38. The van der Waals surface area contributed by atoms with Crippen LogP contribution in [0.1, 0.15) is 29.9 Å². The summed E-state index contributed by atoms with van der Waals surface area (Å²) in [6.45, 7) is 4.40. The van der Waals surface area contributed by atoms with Crippen LogP contribution >= 0.6 is 0 Å². The molecule has 3 aromatic rings. The number of hydrogen-bond donors (Lipinski definition) is 1. The summed E-state index contributed by atoms with van der Waals surface area (Å²) < 4.78 is 13.8. The first-order valence-corrected chi connectivity index (χ1v) is 8.74. The van der Waals surface area contributed by atoms with E-state index in [4.69, 9.17) is 0 Å². The SMILES string of the molecule is CC(C)N(Cc1ccccc1)C(=O)c1ccnc(Nc2ccccc2F)n1. The molecular formula is C21H21FN4O. The van der Waals surface area contributed by atoms with Crippen molar-refractivity contribution in [3.8, 4) is 0 Å². The summed E-state index contributed by atoms with van der Waals surface area (Å²) in [6, 6.07) is 17.6. The maximum absolute atomic E-state index is 13.8. The third-order valence-electron chi connectivity index (χ3n) is 4.07. The van der Waals surface area contributed by atoms with E-state index in [0.29, 0.717) is 6.54 Å². The Labute approximate surface area is 157 Å². The molecule has 5 nitrogen and oxygen atoms in total. The number of nitrogens with zero attached hydrogens (tertiary/aromatic N) is 3. The maximum atomic E-state index is 13.8. The fourth-order valence-electron chi connectivity index (χ4n) is 2.64. The number of hydrogen-bond acceptors (Lipinski definition) is 4. The van der Waals surface area contributed by atoms with Crippen LogP contribution in [0.2, 0.25) is 0 Å². The molecule has 2 aromatic carbocycles. The molecule has 1 heterocycles. The average molecular weight is 364 g/mol. The van der Waals surface area contributed by atoms with Gasteiger partial charge < -0.3 is 10.2 Å². The van der Waals surface area contributed by atoms with Crippen LogP contribution in [0.15, 0.2) is 66.9 Å². The molecule has 1 N–H and O–H groups in total. The van der Waals surface area contributed by atoms with Crippen LogP contribution in [-0.2, 0) is 6.54 Å². The molecule has 27 heavy (non-hydrogen) atoms. The van der Waals surface area contributed by atoms with E-state index in [1.54, 1.807) is 29.2 Å². The van der Waals surface area contributed by atoms with Gasteiger partial charge in [-0.3, -0.25) is 4.79 Å². The molecule has 1 aromatic heterocycles. The summed E-state index contributed by atoms with van der Waals surface area (Å²) in [6.07, 6.45) is 1.49. The molecule has 0 radical (unpaired) electrons. The van der Waals surface area contributed by atoms with Gasteiger partial charge in [-0.15, -0.1) is 0 Å². The number of nitrogens with one attached hydrogen (secondary N) is 1. The van der Waals surface area contributed by atoms with Crippen LogP contribution in [0.25, 0.3) is 0 Å². The lowest BCUT2D eigenvalue weighted by Crippen LogP contribution is -2.37. The Bertz CT molecular complexity index is 915. The lowest BCUT2D eigenvalue weighted by Gasteiger charge is -2.26. The number of carbonyl (C=O) groups is 1. The van der Waals surface area contributed by atoms with Crippen molar-refractivity contribution in [3.05, 3.63) is 83.9 Å². The fraction of sp³-hybridized carbons (Fsp3) is 0.190. The van der Waals surface area contributed by atoms with Crippen molar-refractivity contribution in [2.45, 2.75) is 26.4 Å². The van der Waals surface area contributed by atoms with Crippen LogP contribution in [0.5, 0.6) is 0 Å². The van der Waals surface area contributed by atoms with Crippen molar-refractivity contribution in [1.29, 1.82) is 0 Å². The molecule has 0 bridgehead atoms. The highest BCUT2D eigenvalue weighted by atomic mass is 19.1. The van der Waals surface area contributed by atoms with E-state index in [1.807, 2.05) is 44.2 Å². The molecule has 138 valence electrons. The van der Waals surface area contributed by atoms with Crippen LogP contribution < -0.4 is 5.32 Å². The number of carbonyl (C=O) groups excluding carboxylic acids is 1. The Morgan fingerprint density at radius 1 is 1.07 bits per heavy atom. The minimum Gasteiger partial charge on any atom is -0.331 e. The quantitative estimate of drug-likeness (QED) is 0.704. The molecule has 3 rings (SSSR count). The third kappa shape index (κ3) is 4.67. The zero-order valence-corrected chi connectivity index (χ0v) is 15.3. The third-order valence-corrected chi connectivity index (χ3v) is 4.07. The van der Waals surface area contributed by atoms with Crippen LogP contribution in [0, 0.1) is 5.82 Å². The highest BCUT2D eigenvalue weighted by Gasteiger charge is 2.21. The first-order valence-electron chi connectivity index (χ1n) is 8.74. The molecule has 0 spiro atoms. The van der Waals surface area contributed by atoms with E-state index in [2.05, 4.69) is 15.3 Å². The van der Waals surface area contributed by atoms with Crippen molar-refractivity contribution >= 4 is 17.5 Å². The Hall–Kier alpha value is -3.28. The van der Waals surface area contributed by atoms with Crippen molar-refractivity contribution in [2.75, 3.05) is 5.32 Å². The Kier molecular flexibility index (Phi) is 5.76. The number of amides is 1. The minimum atomic E-state index is -0.411. The van der Waals surface area contributed by atoms with Crippen LogP contribution in [0.4, 0.5) is 16.0 Å². The van der Waals surface area contributed by atoms with E-state index in [-0.39, 0.29) is 29.3 Å². The first-order chi connectivity index (χ1) is 13.0. The highest BCUT2D eigenvalue weighted by molar-refractivity contribution is 5.92. The first kappa shape index (κ1) is 18.5. The number of rotatable bonds is 6. The molecule has 6 heteroatoms. The molecular weight excluding hydrogens is 343 g/mol. The predicted molar refractivity (Wildman–Crippen MR) is 103 cm³/mol. The zero-order valence-electron chi connectivity index (χ0n) is 15.3. The average Bonchev–Trinajstić information content (AvgIpc) is 2.68. The maximum Gasteiger partial charge on any atom is 0.273 e. The lowest BCUT2D eigenvalue weighted by molar-refractivity contribution is 0.0684. The van der Waals surface area contributed by atoms with Gasteiger partial charge >= 0.3 is 0 Å². The molecule has 0 saturated carbocycles. The largest absolute Gasteiger partial charge is 0.331 e. The van der Waals surface area contributed by atoms with E-state index in [0.717, 1.165) is 5.56 Å². The van der Waals surface area contributed by atoms with Crippen molar-refractivity contribution in [2.24, 2.45) is 0 Å². The fourth-order valence-corrected chi connectivity index (χ4v) is 2.64. The molecule has 0 unspecified atom stereocenters. The Morgan fingerprint density at radius 2 is 1.78 bits per heavy atom. The van der Waals surface area contributed by atoms with E-state index in [1.165, 1.54) is 12.3 Å². The normalized spacial score (nSPS) is 10.7. The molecule has 0 aliphatic heterocycles. The van der Waals surface area contributed by atoms with Gasteiger partial charge in [0.1, 0.15) is 11.5 Å².